The number of anilines is 2. The Labute approximate surface area is 165 Å². The Morgan fingerprint density at radius 3 is 2.78 bits per heavy atom. The Morgan fingerprint density at radius 2 is 2.07 bits per heavy atom. The molecule has 7 nitrogen and oxygen atoms in total. The van der Waals surface area contributed by atoms with E-state index >= 15 is 0 Å². The molecule has 1 N–H and O–H groups in total. The van der Waals surface area contributed by atoms with Crippen molar-refractivity contribution in [3.05, 3.63) is 35.5 Å². The Balaban J connectivity index is 1.37. The molecule has 1 aliphatic heterocycles. The minimum atomic E-state index is -0.0388. The van der Waals surface area contributed by atoms with Crippen LogP contribution >= 0.6 is 22.9 Å². The van der Waals surface area contributed by atoms with Crippen molar-refractivity contribution in [3.63, 3.8) is 0 Å². The SMILES string of the molecule is COc1ccc2nc(NC(=O)C3CCN(c4ccc(Cl)nn4)CC3)sc2c1. The molecule has 1 amide bonds. The number of rotatable bonds is 4. The van der Waals surface area contributed by atoms with E-state index in [9.17, 15) is 4.79 Å². The first-order chi connectivity index (χ1) is 13.1. The third-order valence-electron chi connectivity index (χ3n) is 4.63. The van der Waals surface area contributed by atoms with Gasteiger partial charge in [0.15, 0.2) is 16.1 Å². The minimum Gasteiger partial charge on any atom is -0.497 e. The first-order valence-corrected chi connectivity index (χ1v) is 9.81. The Hall–Kier alpha value is -2.45. The minimum absolute atomic E-state index is 0.0165. The number of hydrogen-bond acceptors (Lipinski definition) is 7. The van der Waals surface area contributed by atoms with Gasteiger partial charge >= 0.3 is 0 Å². The van der Waals surface area contributed by atoms with Crippen molar-refractivity contribution in [2.45, 2.75) is 12.8 Å². The number of carbonyl (C=O) groups is 1. The molecule has 0 unspecified atom stereocenters. The van der Waals surface area contributed by atoms with Gasteiger partial charge in [0.2, 0.25) is 5.91 Å². The number of piperidine rings is 1. The highest BCUT2D eigenvalue weighted by atomic mass is 35.5. The van der Waals surface area contributed by atoms with E-state index in [0.717, 1.165) is 47.7 Å². The zero-order valence-corrected chi connectivity index (χ0v) is 16.3. The summed E-state index contributed by atoms with van der Waals surface area (Å²) in [5, 5.41) is 11.9. The number of hydrogen-bond donors (Lipinski definition) is 1. The third kappa shape index (κ3) is 3.96. The van der Waals surface area contributed by atoms with Gasteiger partial charge in [-0.3, -0.25) is 4.79 Å². The van der Waals surface area contributed by atoms with E-state index in [1.807, 2.05) is 24.3 Å². The predicted octanol–water partition coefficient (Wildman–Crippen LogP) is 3.60. The van der Waals surface area contributed by atoms with Gasteiger partial charge in [0.25, 0.3) is 0 Å². The number of thiazole rings is 1. The van der Waals surface area contributed by atoms with Crippen molar-refractivity contribution in [1.82, 2.24) is 15.2 Å². The van der Waals surface area contributed by atoms with Crippen molar-refractivity contribution in [2.24, 2.45) is 5.92 Å². The second-order valence-electron chi connectivity index (χ2n) is 6.32. The maximum atomic E-state index is 12.6. The molecule has 4 rings (SSSR count). The lowest BCUT2D eigenvalue weighted by atomic mass is 9.96. The first-order valence-electron chi connectivity index (χ1n) is 8.62. The van der Waals surface area contributed by atoms with Gasteiger partial charge in [-0.2, -0.15) is 0 Å². The summed E-state index contributed by atoms with van der Waals surface area (Å²) in [5.41, 5.74) is 0.854. The van der Waals surface area contributed by atoms with Gasteiger partial charge in [0.05, 0.1) is 17.3 Å². The number of halogens is 1. The maximum Gasteiger partial charge on any atom is 0.229 e. The molecular weight excluding hydrogens is 386 g/mol. The average Bonchev–Trinajstić information content (AvgIpc) is 3.10. The second kappa shape index (κ2) is 7.66. The predicted molar refractivity (Wildman–Crippen MR) is 107 cm³/mol. The monoisotopic (exact) mass is 403 g/mol. The standard InChI is InChI=1S/C18H18ClN5O2S/c1-26-12-2-3-13-14(10-12)27-18(20-13)21-17(25)11-6-8-24(9-7-11)16-5-4-15(19)22-23-16/h2-5,10-11H,6-9H2,1H3,(H,20,21,25). The van der Waals surface area contributed by atoms with Gasteiger partial charge < -0.3 is 15.0 Å². The van der Waals surface area contributed by atoms with Gasteiger partial charge in [0.1, 0.15) is 5.75 Å². The van der Waals surface area contributed by atoms with Crippen LogP contribution in [0.25, 0.3) is 10.2 Å². The number of aromatic nitrogens is 3. The number of fused-ring (bicyclic) bond motifs is 1. The topological polar surface area (TPSA) is 80.2 Å². The number of amides is 1. The summed E-state index contributed by atoms with van der Waals surface area (Å²) in [6.07, 6.45) is 1.52. The molecule has 1 aliphatic rings. The van der Waals surface area contributed by atoms with Crippen LogP contribution in [0.1, 0.15) is 12.8 Å². The van der Waals surface area contributed by atoms with Crippen molar-refractivity contribution in [3.8, 4) is 5.75 Å². The number of ether oxygens (including phenoxy) is 1. The van der Waals surface area contributed by atoms with Crippen LogP contribution in [0, 0.1) is 5.92 Å². The molecule has 1 fully saturated rings. The normalized spacial score (nSPS) is 15.1. The van der Waals surface area contributed by atoms with Crippen molar-refractivity contribution in [1.29, 1.82) is 0 Å². The lowest BCUT2D eigenvalue weighted by Crippen LogP contribution is -2.38. The van der Waals surface area contributed by atoms with Gasteiger partial charge in [-0.15, -0.1) is 10.2 Å². The Bertz CT molecular complexity index is 954. The molecular formula is C18H18ClN5O2S. The molecule has 0 radical (unpaired) electrons. The summed E-state index contributed by atoms with van der Waals surface area (Å²) in [5.74, 6) is 1.55. The molecule has 0 spiro atoms. The van der Waals surface area contributed by atoms with Gasteiger partial charge in [-0.05, 0) is 43.2 Å². The summed E-state index contributed by atoms with van der Waals surface area (Å²) in [6.45, 7) is 1.51. The van der Waals surface area contributed by atoms with Crippen LogP contribution in [0.5, 0.6) is 5.75 Å². The van der Waals surface area contributed by atoms with Gasteiger partial charge in [-0.25, -0.2) is 4.98 Å². The Morgan fingerprint density at radius 1 is 1.26 bits per heavy atom. The summed E-state index contributed by atoms with van der Waals surface area (Å²) < 4.78 is 6.22. The molecule has 0 atom stereocenters. The molecule has 0 saturated carbocycles. The van der Waals surface area contributed by atoms with Crippen molar-refractivity contribution >= 4 is 50.0 Å². The quantitative estimate of drug-likeness (QED) is 0.716. The summed E-state index contributed by atoms with van der Waals surface area (Å²) >= 11 is 7.24. The molecule has 0 aliphatic carbocycles. The van der Waals surface area contributed by atoms with Crippen LogP contribution in [0.3, 0.4) is 0 Å². The number of nitrogens with zero attached hydrogens (tertiary/aromatic N) is 4. The highest BCUT2D eigenvalue weighted by molar-refractivity contribution is 7.22. The van der Waals surface area contributed by atoms with E-state index in [4.69, 9.17) is 16.3 Å². The summed E-state index contributed by atoms with van der Waals surface area (Å²) in [4.78, 5) is 19.2. The fourth-order valence-electron chi connectivity index (χ4n) is 3.14. The van der Waals surface area contributed by atoms with Crippen molar-refractivity contribution in [2.75, 3.05) is 30.4 Å². The van der Waals surface area contributed by atoms with Gasteiger partial charge in [0, 0.05) is 19.0 Å². The van der Waals surface area contributed by atoms with E-state index in [1.165, 1.54) is 11.3 Å². The first kappa shape index (κ1) is 17.9. The maximum absolute atomic E-state index is 12.6. The Kier molecular flexibility index (Phi) is 5.09. The van der Waals surface area contributed by atoms with E-state index < -0.39 is 0 Å². The fourth-order valence-corrected chi connectivity index (χ4v) is 4.14. The molecule has 3 heterocycles. The van der Waals surface area contributed by atoms with Crippen LogP contribution in [0.2, 0.25) is 5.15 Å². The number of nitrogens with one attached hydrogen (secondary N) is 1. The molecule has 0 bridgehead atoms. The van der Waals surface area contributed by atoms with E-state index in [0.29, 0.717) is 10.3 Å². The largest absolute Gasteiger partial charge is 0.497 e. The number of benzene rings is 1. The van der Waals surface area contributed by atoms with Crippen LogP contribution in [-0.2, 0) is 4.79 Å². The molecule has 2 aromatic heterocycles. The van der Waals surface area contributed by atoms with Gasteiger partial charge in [-0.1, -0.05) is 22.9 Å². The molecule has 140 valence electrons. The molecule has 9 heteroatoms. The van der Waals surface area contributed by atoms with Crippen molar-refractivity contribution < 1.29 is 9.53 Å². The highest BCUT2D eigenvalue weighted by Gasteiger charge is 2.26. The zero-order valence-electron chi connectivity index (χ0n) is 14.7. The fraction of sp³-hybridized carbons (Fsp3) is 0.333. The van der Waals surface area contributed by atoms with Crippen LogP contribution in [0.4, 0.5) is 10.9 Å². The number of carbonyl (C=O) groups excluding carboxylic acids is 1. The summed E-state index contributed by atoms with van der Waals surface area (Å²) in [7, 11) is 1.63. The van der Waals surface area contributed by atoms with E-state index in [1.54, 1.807) is 13.2 Å². The average molecular weight is 404 g/mol. The van der Waals surface area contributed by atoms with E-state index in [2.05, 4.69) is 25.4 Å². The second-order valence-corrected chi connectivity index (χ2v) is 7.74. The summed E-state index contributed by atoms with van der Waals surface area (Å²) in [6, 6.07) is 9.26. The lowest BCUT2D eigenvalue weighted by Gasteiger charge is -2.31. The highest BCUT2D eigenvalue weighted by Crippen LogP contribution is 2.30. The third-order valence-corrected chi connectivity index (χ3v) is 5.77. The lowest BCUT2D eigenvalue weighted by molar-refractivity contribution is -0.120. The molecule has 1 aromatic carbocycles. The zero-order chi connectivity index (χ0) is 18.8. The van der Waals surface area contributed by atoms with E-state index in [-0.39, 0.29) is 11.8 Å². The molecule has 27 heavy (non-hydrogen) atoms. The molecule has 1 saturated heterocycles. The number of methoxy groups -OCH3 is 1. The smallest absolute Gasteiger partial charge is 0.229 e. The van der Waals surface area contributed by atoms with Crippen LogP contribution in [-0.4, -0.2) is 41.3 Å². The van der Waals surface area contributed by atoms with Crippen LogP contribution in [0.15, 0.2) is 30.3 Å². The van der Waals surface area contributed by atoms with Crippen LogP contribution < -0.4 is 15.0 Å². The molecule has 3 aromatic rings.